The van der Waals surface area contributed by atoms with Crippen molar-refractivity contribution in [2.45, 2.75) is 58.0 Å². The minimum atomic E-state index is -3.67. The van der Waals surface area contributed by atoms with E-state index < -0.39 is 10.1 Å². The van der Waals surface area contributed by atoms with Crippen molar-refractivity contribution < 1.29 is 22.4 Å². The molecule has 0 radical (unpaired) electrons. The molecule has 2 aromatic carbocycles. The van der Waals surface area contributed by atoms with Crippen LogP contribution in [0.3, 0.4) is 0 Å². The molecule has 1 fully saturated rings. The summed E-state index contributed by atoms with van der Waals surface area (Å²) in [5.74, 6) is 1.81. The summed E-state index contributed by atoms with van der Waals surface area (Å²) in [6.07, 6.45) is 11.4. The quantitative estimate of drug-likeness (QED) is 0.317. The van der Waals surface area contributed by atoms with Crippen LogP contribution in [0.2, 0.25) is 0 Å². The van der Waals surface area contributed by atoms with Crippen molar-refractivity contribution in [3.05, 3.63) is 60.2 Å². The maximum absolute atomic E-state index is 9.19. The standard InChI is InChI=1S/C25H35NO2.CH4O3S/c1(2-8-18-26-19-9-5-10-20-26)3-11-21-27-24-14-16-25(17-15-24)28-22-23-12-6-4-7-13-23;1-5(2,3)4/h4,6-7,12-17H,1-3,5,8-11,18-22H2;1H3,(H,2,3,4). The normalized spacial score (nSPS) is 14.2. The van der Waals surface area contributed by atoms with Crippen LogP contribution >= 0.6 is 0 Å². The van der Waals surface area contributed by atoms with Gasteiger partial charge in [0.1, 0.15) is 18.1 Å². The van der Waals surface area contributed by atoms with Crippen molar-refractivity contribution in [3.63, 3.8) is 0 Å². The predicted molar refractivity (Wildman–Crippen MR) is 134 cm³/mol. The lowest BCUT2D eigenvalue weighted by atomic mass is 10.1. The first kappa shape index (κ1) is 27.2. The molecule has 0 bridgehead atoms. The van der Waals surface area contributed by atoms with E-state index in [-0.39, 0.29) is 0 Å². The Bertz CT molecular complexity index is 842. The number of benzene rings is 2. The molecule has 6 nitrogen and oxygen atoms in total. The monoisotopic (exact) mass is 477 g/mol. The van der Waals surface area contributed by atoms with Crippen LogP contribution in [0.5, 0.6) is 11.5 Å². The summed E-state index contributed by atoms with van der Waals surface area (Å²) in [6.45, 7) is 5.35. The third-order valence-electron chi connectivity index (χ3n) is 5.41. The third-order valence-corrected chi connectivity index (χ3v) is 5.41. The van der Waals surface area contributed by atoms with Gasteiger partial charge < -0.3 is 14.4 Å². The molecule has 0 aliphatic carbocycles. The fraction of sp³-hybridized carbons (Fsp3) is 0.538. The molecule has 0 aromatic heterocycles. The fourth-order valence-corrected chi connectivity index (χ4v) is 3.71. The highest BCUT2D eigenvalue weighted by Gasteiger charge is 2.08. The van der Waals surface area contributed by atoms with E-state index in [0.29, 0.717) is 12.9 Å². The van der Waals surface area contributed by atoms with E-state index in [2.05, 4.69) is 17.0 Å². The summed E-state index contributed by atoms with van der Waals surface area (Å²) in [4.78, 5) is 2.64. The molecular weight excluding hydrogens is 438 g/mol. The maximum atomic E-state index is 9.19. The van der Waals surface area contributed by atoms with Crippen LogP contribution in [0.25, 0.3) is 0 Å². The maximum Gasteiger partial charge on any atom is 0.261 e. The number of piperidine rings is 1. The second-order valence-electron chi connectivity index (χ2n) is 8.50. The van der Waals surface area contributed by atoms with Crippen molar-refractivity contribution in [3.8, 4) is 11.5 Å². The van der Waals surface area contributed by atoms with Gasteiger partial charge in [0.15, 0.2) is 0 Å². The first-order valence-electron chi connectivity index (χ1n) is 11.9. The summed E-state index contributed by atoms with van der Waals surface area (Å²) in [5, 5.41) is 0. The van der Waals surface area contributed by atoms with Gasteiger partial charge in [-0.3, -0.25) is 4.55 Å². The summed E-state index contributed by atoms with van der Waals surface area (Å²) in [7, 11) is -3.67. The van der Waals surface area contributed by atoms with Crippen molar-refractivity contribution >= 4 is 10.1 Å². The van der Waals surface area contributed by atoms with Crippen molar-refractivity contribution in [2.24, 2.45) is 0 Å². The number of ether oxygens (including phenoxy) is 2. The van der Waals surface area contributed by atoms with Crippen LogP contribution in [0, 0.1) is 0 Å². The Kier molecular flexibility index (Phi) is 12.9. The van der Waals surface area contributed by atoms with Crippen LogP contribution in [0.1, 0.15) is 56.9 Å². The molecule has 0 amide bonds. The van der Waals surface area contributed by atoms with Gasteiger partial charge in [-0.2, -0.15) is 8.42 Å². The molecule has 1 aliphatic heterocycles. The molecular formula is C26H39NO5S. The lowest BCUT2D eigenvalue weighted by molar-refractivity contribution is 0.223. The number of likely N-dealkylation sites (tertiary alicyclic amines) is 1. The second-order valence-corrected chi connectivity index (χ2v) is 9.96. The minimum absolute atomic E-state index is 0.596. The molecule has 1 aliphatic rings. The van der Waals surface area contributed by atoms with E-state index in [1.54, 1.807) is 0 Å². The zero-order valence-corrected chi connectivity index (χ0v) is 20.6. The SMILES string of the molecule is CS(=O)(=O)O.c1ccc(COc2ccc(OCCCCCCCN3CCCCC3)cc2)cc1. The molecule has 0 atom stereocenters. The Morgan fingerprint density at radius 1 is 0.788 bits per heavy atom. The fourth-order valence-electron chi connectivity index (χ4n) is 3.71. The highest BCUT2D eigenvalue weighted by Crippen LogP contribution is 2.19. The first-order valence-corrected chi connectivity index (χ1v) is 13.8. The Balaban J connectivity index is 0.000000696. The van der Waals surface area contributed by atoms with E-state index in [1.807, 2.05) is 42.5 Å². The number of hydrogen-bond acceptors (Lipinski definition) is 5. The lowest BCUT2D eigenvalue weighted by Gasteiger charge is -2.26. The average molecular weight is 478 g/mol. The predicted octanol–water partition coefficient (Wildman–Crippen LogP) is 5.58. The molecule has 0 unspecified atom stereocenters. The summed E-state index contributed by atoms with van der Waals surface area (Å²) in [5.41, 5.74) is 1.18. The summed E-state index contributed by atoms with van der Waals surface area (Å²) < 4.78 is 37.5. The second kappa shape index (κ2) is 15.7. The number of unbranched alkanes of at least 4 members (excludes halogenated alkanes) is 4. The first-order chi connectivity index (χ1) is 15.9. The van der Waals surface area contributed by atoms with Gasteiger partial charge in [-0.1, -0.05) is 56.0 Å². The minimum Gasteiger partial charge on any atom is -0.494 e. The van der Waals surface area contributed by atoms with Gasteiger partial charge >= 0.3 is 0 Å². The van der Waals surface area contributed by atoms with Crippen LogP contribution in [0.15, 0.2) is 54.6 Å². The van der Waals surface area contributed by atoms with E-state index in [4.69, 9.17) is 14.0 Å². The van der Waals surface area contributed by atoms with Gasteiger partial charge in [-0.15, -0.1) is 0 Å². The van der Waals surface area contributed by atoms with E-state index in [0.717, 1.165) is 24.5 Å². The molecule has 184 valence electrons. The molecule has 0 saturated carbocycles. The zero-order chi connectivity index (χ0) is 23.8. The van der Waals surface area contributed by atoms with Crippen LogP contribution < -0.4 is 9.47 Å². The van der Waals surface area contributed by atoms with Crippen LogP contribution in [-0.4, -0.2) is 50.4 Å². The smallest absolute Gasteiger partial charge is 0.261 e. The van der Waals surface area contributed by atoms with Gasteiger partial charge in [0, 0.05) is 0 Å². The molecule has 0 spiro atoms. The Morgan fingerprint density at radius 3 is 1.97 bits per heavy atom. The number of nitrogens with zero attached hydrogens (tertiary/aromatic N) is 1. The molecule has 7 heteroatoms. The Morgan fingerprint density at radius 2 is 1.33 bits per heavy atom. The Labute approximate surface area is 199 Å². The van der Waals surface area contributed by atoms with Gasteiger partial charge in [0.25, 0.3) is 10.1 Å². The largest absolute Gasteiger partial charge is 0.494 e. The van der Waals surface area contributed by atoms with Crippen molar-refractivity contribution in [1.82, 2.24) is 4.90 Å². The molecule has 33 heavy (non-hydrogen) atoms. The summed E-state index contributed by atoms with van der Waals surface area (Å²) in [6, 6.07) is 18.2. The topological polar surface area (TPSA) is 76.1 Å². The molecule has 1 heterocycles. The van der Waals surface area contributed by atoms with Crippen molar-refractivity contribution in [1.29, 1.82) is 0 Å². The average Bonchev–Trinajstić information content (AvgIpc) is 2.80. The lowest BCUT2D eigenvalue weighted by Crippen LogP contribution is -2.30. The van der Waals surface area contributed by atoms with E-state index in [1.165, 1.54) is 70.1 Å². The molecule has 2 aromatic rings. The molecule has 1 N–H and O–H groups in total. The third kappa shape index (κ3) is 14.6. The van der Waals surface area contributed by atoms with Crippen LogP contribution in [0.4, 0.5) is 0 Å². The van der Waals surface area contributed by atoms with Gasteiger partial charge in [-0.05, 0) is 75.1 Å². The van der Waals surface area contributed by atoms with Gasteiger partial charge in [0.05, 0.1) is 12.9 Å². The van der Waals surface area contributed by atoms with Gasteiger partial charge in [-0.25, -0.2) is 0 Å². The summed E-state index contributed by atoms with van der Waals surface area (Å²) >= 11 is 0. The van der Waals surface area contributed by atoms with Crippen molar-refractivity contribution in [2.75, 3.05) is 32.5 Å². The van der Waals surface area contributed by atoms with E-state index >= 15 is 0 Å². The van der Waals surface area contributed by atoms with E-state index in [9.17, 15) is 8.42 Å². The van der Waals surface area contributed by atoms with Crippen LogP contribution in [-0.2, 0) is 16.7 Å². The highest BCUT2D eigenvalue weighted by molar-refractivity contribution is 7.85. The Hall–Kier alpha value is -2.09. The number of hydrogen-bond donors (Lipinski definition) is 1. The number of rotatable bonds is 12. The highest BCUT2D eigenvalue weighted by atomic mass is 32.2. The molecule has 3 rings (SSSR count). The molecule has 1 saturated heterocycles. The van der Waals surface area contributed by atoms with Gasteiger partial charge in [0.2, 0.25) is 0 Å². The zero-order valence-electron chi connectivity index (χ0n) is 19.8.